The molecule has 0 aliphatic rings. The molecule has 19 heavy (non-hydrogen) atoms. The quantitative estimate of drug-likeness (QED) is 0.668. The molecule has 0 radical (unpaired) electrons. The number of benzene rings is 2. The summed E-state index contributed by atoms with van der Waals surface area (Å²) in [6.07, 6.45) is 0. The number of rotatable bonds is 4. The van der Waals surface area contributed by atoms with Crippen molar-refractivity contribution in [2.45, 2.75) is 20.4 Å². The summed E-state index contributed by atoms with van der Waals surface area (Å²) in [5, 5.41) is 14.2. The predicted octanol–water partition coefficient (Wildman–Crippen LogP) is 3.82. The molecule has 0 aliphatic carbocycles. The molecule has 4 heteroatoms. The van der Waals surface area contributed by atoms with Crippen molar-refractivity contribution in [3.8, 4) is 0 Å². The molecule has 2 aromatic rings. The fourth-order valence-electron chi connectivity index (χ4n) is 1.93. The predicted molar refractivity (Wildman–Crippen MR) is 76.3 cm³/mol. The number of hydrogen-bond donors (Lipinski definition) is 1. The molecule has 98 valence electrons. The summed E-state index contributed by atoms with van der Waals surface area (Å²) >= 11 is 0. The van der Waals surface area contributed by atoms with Gasteiger partial charge in [0.05, 0.1) is 4.92 Å². The van der Waals surface area contributed by atoms with Crippen molar-refractivity contribution < 1.29 is 4.92 Å². The first-order valence-corrected chi connectivity index (χ1v) is 6.11. The van der Waals surface area contributed by atoms with E-state index < -0.39 is 0 Å². The van der Waals surface area contributed by atoms with E-state index in [2.05, 4.69) is 5.32 Å². The fraction of sp³-hybridized carbons (Fsp3) is 0.200. The Bertz CT molecular complexity index is 592. The third-order valence-corrected chi connectivity index (χ3v) is 3.04. The zero-order valence-electron chi connectivity index (χ0n) is 11.0. The summed E-state index contributed by atoms with van der Waals surface area (Å²) in [5.74, 6) is 0. The van der Waals surface area contributed by atoms with Gasteiger partial charge >= 0.3 is 0 Å². The van der Waals surface area contributed by atoms with Crippen LogP contribution in [0.4, 0.5) is 11.4 Å². The van der Waals surface area contributed by atoms with E-state index in [4.69, 9.17) is 0 Å². The average Bonchev–Trinajstić information content (AvgIpc) is 2.39. The van der Waals surface area contributed by atoms with Crippen LogP contribution in [0.3, 0.4) is 0 Å². The van der Waals surface area contributed by atoms with E-state index in [-0.39, 0.29) is 10.6 Å². The second-order valence-corrected chi connectivity index (χ2v) is 4.57. The van der Waals surface area contributed by atoms with E-state index in [1.165, 1.54) is 11.6 Å². The largest absolute Gasteiger partial charge is 0.375 e. The molecule has 0 aromatic heterocycles. The Balaban J connectivity index is 2.19. The standard InChI is InChI=1S/C15H16N2O2/c1-11-6-8-13(9-7-11)10-16-15-12(2)4-3-5-14(15)17(18)19/h3-9,16H,10H2,1-2H3. The third-order valence-electron chi connectivity index (χ3n) is 3.04. The number of nitro benzene ring substituents is 1. The fourth-order valence-corrected chi connectivity index (χ4v) is 1.93. The Labute approximate surface area is 112 Å². The number of nitro groups is 1. The number of aryl methyl sites for hydroxylation is 2. The van der Waals surface area contributed by atoms with E-state index >= 15 is 0 Å². The molecule has 0 spiro atoms. The second-order valence-electron chi connectivity index (χ2n) is 4.57. The van der Waals surface area contributed by atoms with Crippen LogP contribution in [-0.4, -0.2) is 4.92 Å². The van der Waals surface area contributed by atoms with E-state index in [1.54, 1.807) is 6.07 Å². The van der Waals surface area contributed by atoms with Gasteiger partial charge in [-0.15, -0.1) is 0 Å². The molecule has 0 amide bonds. The highest BCUT2D eigenvalue weighted by Crippen LogP contribution is 2.28. The highest BCUT2D eigenvalue weighted by molar-refractivity contribution is 5.66. The summed E-state index contributed by atoms with van der Waals surface area (Å²) in [4.78, 5) is 10.6. The molecule has 2 rings (SSSR count). The van der Waals surface area contributed by atoms with Gasteiger partial charge in [-0.2, -0.15) is 0 Å². The summed E-state index contributed by atoms with van der Waals surface area (Å²) in [6.45, 7) is 4.47. The van der Waals surface area contributed by atoms with Crippen molar-refractivity contribution in [2.24, 2.45) is 0 Å². The SMILES string of the molecule is Cc1ccc(CNc2c(C)cccc2[N+](=O)[O-])cc1. The van der Waals surface area contributed by atoms with Gasteiger partial charge in [0.25, 0.3) is 5.69 Å². The molecule has 0 aliphatic heterocycles. The highest BCUT2D eigenvalue weighted by Gasteiger charge is 2.14. The maximum absolute atomic E-state index is 11.0. The van der Waals surface area contributed by atoms with E-state index in [0.717, 1.165) is 11.1 Å². The summed E-state index contributed by atoms with van der Waals surface area (Å²) in [7, 11) is 0. The number of para-hydroxylation sites is 1. The minimum atomic E-state index is -0.357. The zero-order valence-corrected chi connectivity index (χ0v) is 11.0. The lowest BCUT2D eigenvalue weighted by Crippen LogP contribution is -2.04. The summed E-state index contributed by atoms with van der Waals surface area (Å²) in [5.41, 5.74) is 3.88. The van der Waals surface area contributed by atoms with Crippen molar-refractivity contribution in [1.82, 2.24) is 0 Å². The Kier molecular flexibility index (Phi) is 3.80. The number of nitrogens with one attached hydrogen (secondary N) is 1. The zero-order chi connectivity index (χ0) is 13.8. The van der Waals surface area contributed by atoms with Gasteiger partial charge in [0, 0.05) is 12.6 Å². The second kappa shape index (κ2) is 5.52. The minimum Gasteiger partial charge on any atom is -0.375 e. The van der Waals surface area contributed by atoms with Crippen LogP contribution in [0.2, 0.25) is 0 Å². The molecule has 1 N–H and O–H groups in total. The van der Waals surface area contributed by atoms with Gasteiger partial charge in [0.2, 0.25) is 0 Å². The first-order chi connectivity index (χ1) is 9.08. The third kappa shape index (κ3) is 3.10. The molecule has 0 saturated carbocycles. The Morgan fingerprint density at radius 1 is 1.11 bits per heavy atom. The van der Waals surface area contributed by atoms with Gasteiger partial charge in [-0.3, -0.25) is 10.1 Å². The van der Waals surface area contributed by atoms with Crippen LogP contribution in [0, 0.1) is 24.0 Å². The number of nitrogens with zero attached hydrogens (tertiary/aromatic N) is 1. The van der Waals surface area contributed by atoms with Crippen LogP contribution >= 0.6 is 0 Å². The lowest BCUT2D eigenvalue weighted by atomic mass is 10.1. The Hall–Kier alpha value is -2.36. The van der Waals surface area contributed by atoms with Crippen LogP contribution < -0.4 is 5.32 Å². The van der Waals surface area contributed by atoms with Gasteiger partial charge in [0.15, 0.2) is 0 Å². The molecule has 2 aromatic carbocycles. The van der Waals surface area contributed by atoms with Gasteiger partial charge in [-0.1, -0.05) is 42.0 Å². The van der Waals surface area contributed by atoms with Gasteiger partial charge in [0.1, 0.15) is 5.69 Å². The minimum absolute atomic E-state index is 0.118. The molecule has 0 unspecified atom stereocenters. The van der Waals surface area contributed by atoms with Crippen molar-refractivity contribution in [1.29, 1.82) is 0 Å². The van der Waals surface area contributed by atoms with Crippen LogP contribution in [-0.2, 0) is 6.54 Å². The number of anilines is 1. The molecule has 0 atom stereocenters. The highest BCUT2D eigenvalue weighted by atomic mass is 16.6. The van der Waals surface area contributed by atoms with Crippen molar-refractivity contribution in [3.63, 3.8) is 0 Å². The average molecular weight is 256 g/mol. The van der Waals surface area contributed by atoms with Crippen LogP contribution in [0.1, 0.15) is 16.7 Å². The van der Waals surface area contributed by atoms with Crippen LogP contribution in [0.5, 0.6) is 0 Å². The van der Waals surface area contributed by atoms with Crippen molar-refractivity contribution >= 4 is 11.4 Å². The maximum Gasteiger partial charge on any atom is 0.292 e. The van der Waals surface area contributed by atoms with Crippen molar-refractivity contribution in [2.75, 3.05) is 5.32 Å². The topological polar surface area (TPSA) is 55.2 Å². The van der Waals surface area contributed by atoms with Crippen LogP contribution in [0.15, 0.2) is 42.5 Å². The molecule has 0 bridgehead atoms. The van der Waals surface area contributed by atoms with E-state index in [0.29, 0.717) is 12.2 Å². The molecular formula is C15H16N2O2. The first-order valence-electron chi connectivity index (χ1n) is 6.11. The molecule has 0 fully saturated rings. The molecular weight excluding hydrogens is 240 g/mol. The smallest absolute Gasteiger partial charge is 0.292 e. The van der Waals surface area contributed by atoms with Gasteiger partial charge < -0.3 is 5.32 Å². The maximum atomic E-state index is 11.0. The normalized spacial score (nSPS) is 10.2. The molecule has 4 nitrogen and oxygen atoms in total. The molecule has 0 saturated heterocycles. The van der Waals surface area contributed by atoms with E-state index in [9.17, 15) is 10.1 Å². The Morgan fingerprint density at radius 2 is 1.79 bits per heavy atom. The summed E-state index contributed by atoms with van der Waals surface area (Å²) < 4.78 is 0. The monoisotopic (exact) mass is 256 g/mol. The summed E-state index contributed by atoms with van der Waals surface area (Å²) in [6, 6.07) is 13.2. The first kappa shape index (κ1) is 13.1. The lowest BCUT2D eigenvalue weighted by Gasteiger charge is -2.10. The van der Waals surface area contributed by atoms with Gasteiger partial charge in [-0.05, 0) is 25.0 Å². The van der Waals surface area contributed by atoms with Crippen molar-refractivity contribution in [3.05, 3.63) is 69.3 Å². The van der Waals surface area contributed by atoms with Gasteiger partial charge in [-0.25, -0.2) is 0 Å². The Morgan fingerprint density at radius 3 is 2.42 bits per heavy atom. The van der Waals surface area contributed by atoms with E-state index in [1.807, 2.05) is 44.2 Å². The lowest BCUT2D eigenvalue weighted by molar-refractivity contribution is -0.384. The molecule has 0 heterocycles. The van der Waals surface area contributed by atoms with Crippen LogP contribution in [0.25, 0.3) is 0 Å². The number of hydrogen-bond acceptors (Lipinski definition) is 3.